The first-order chi connectivity index (χ1) is 14.3. The third-order valence-electron chi connectivity index (χ3n) is 5.16. The molecule has 3 aromatic rings. The van der Waals surface area contributed by atoms with Crippen LogP contribution in [0.5, 0.6) is 0 Å². The van der Waals surface area contributed by atoms with Crippen molar-refractivity contribution in [3.63, 3.8) is 0 Å². The van der Waals surface area contributed by atoms with Crippen LogP contribution in [0.4, 0.5) is 5.82 Å². The highest BCUT2D eigenvalue weighted by Gasteiger charge is 2.24. The molecule has 2 aromatic heterocycles. The molecule has 3 heterocycles. The van der Waals surface area contributed by atoms with Crippen LogP contribution in [0.15, 0.2) is 73.2 Å². The van der Waals surface area contributed by atoms with Crippen molar-refractivity contribution in [2.75, 3.05) is 31.1 Å². The normalized spacial score (nSPS) is 16.4. The third-order valence-corrected chi connectivity index (χ3v) is 5.16. The fourth-order valence-corrected chi connectivity index (χ4v) is 3.64. The molecule has 0 saturated carbocycles. The standard InChI is InChI=1S/C23H25N5O/c29-23(27-14-10-18-8-12-24-13-9-18)20-7-4-11-26-22(20)28-16-15-25-21(17-28)19-5-2-1-3-6-19/h1-9,11-13,21,25H,10,14-17H2,(H,27,29). The van der Waals surface area contributed by atoms with Gasteiger partial charge in [-0.3, -0.25) is 9.78 Å². The smallest absolute Gasteiger partial charge is 0.255 e. The highest BCUT2D eigenvalue weighted by molar-refractivity contribution is 5.98. The van der Waals surface area contributed by atoms with Gasteiger partial charge in [0.2, 0.25) is 0 Å². The minimum atomic E-state index is -0.0862. The van der Waals surface area contributed by atoms with E-state index in [4.69, 9.17) is 0 Å². The van der Waals surface area contributed by atoms with E-state index in [0.29, 0.717) is 12.1 Å². The van der Waals surface area contributed by atoms with E-state index in [-0.39, 0.29) is 11.9 Å². The number of aromatic nitrogens is 2. The van der Waals surface area contributed by atoms with E-state index in [9.17, 15) is 4.79 Å². The first-order valence-electron chi connectivity index (χ1n) is 9.96. The SMILES string of the molecule is O=C(NCCc1ccncc1)c1cccnc1N1CCNC(c2ccccc2)C1. The second-order valence-electron chi connectivity index (χ2n) is 7.10. The Morgan fingerprint density at radius 3 is 2.72 bits per heavy atom. The molecule has 1 aliphatic heterocycles. The quantitative estimate of drug-likeness (QED) is 0.680. The van der Waals surface area contributed by atoms with Crippen molar-refractivity contribution in [3.05, 3.63) is 89.9 Å². The molecule has 0 spiro atoms. The van der Waals surface area contributed by atoms with Gasteiger partial charge in [0.05, 0.1) is 5.56 Å². The predicted octanol–water partition coefficient (Wildman–Crippen LogP) is 2.60. The van der Waals surface area contributed by atoms with E-state index in [1.165, 1.54) is 5.56 Å². The highest BCUT2D eigenvalue weighted by atomic mass is 16.1. The molecule has 0 bridgehead atoms. The zero-order valence-electron chi connectivity index (χ0n) is 16.3. The van der Waals surface area contributed by atoms with Crippen molar-refractivity contribution >= 4 is 11.7 Å². The number of carbonyl (C=O) groups is 1. The van der Waals surface area contributed by atoms with Crippen molar-refractivity contribution in [2.45, 2.75) is 12.5 Å². The molecule has 0 aliphatic carbocycles. The van der Waals surface area contributed by atoms with Crippen LogP contribution < -0.4 is 15.5 Å². The second-order valence-corrected chi connectivity index (χ2v) is 7.10. The van der Waals surface area contributed by atoms with Crippen molar-refractivity contribution in [3.8, 4) is 0 Å². The molecule has 29 heavy (non-hydrogen) atoms. The summed E-state index contributed by atoms with van der Waals surface area (Å²) in [6.07, 6.45) is 6.06. The maximum absolute atomic E-state index is 12.8. The maximum Gasteiger partial charge on any atom is 0.255 e. The molecular weight excluding hydrogens is 362 g/mol. The lowest BCUT2D eigenvalue weighted by molar-refractivity contribution is 0.0954. The third kappa shape index (κ3) is 4.78. The Balaban J connectivity index is 1.44. The summed E-state index contributed by atoms with van der Waals surface area (Å²) in [5, 5.41) is 6.59. The van der Waals surface area contributed by atoms with Gasteiger partial charge < -0.3 is 15.5 Å². The van der Waals surface area contributed by atoms with Crippen LogP contribution in [-0.2, 0) is 6.42 Å². The molecular formula is C23H25N5O. The second kappa shape index (κ2) is 9.30. The first-order valence-corrected chi connectivity index (χ1v) is 9.96. The Morgan fingerprint density at radius 1 is 1.07 bits per heavy atom. The fraction of sp³-hybridized carbons (Fsp3) is 0.261. The molecule has 1 saturated heterocycles. The van der Waals surface area contributed by atoms with Crippen molar-refractivity contribution < 1.29 is 4.79 Å². The number of pyridine rings is 2. The molecule has 6 heteroatoms. The van der Waals surface area contributed by atoms with Gasteiger partial charge in [0, 0.05) is 50.8 Å². The van der Waals surface area contributed by atoms with Crippen LogP contribution in [-0.4, -0.2) is 42.1 Å². The highest BCUT2D eigenvalue weighted by Crippen LogP contribution is 2.23. The summed E-state index contributed by atoms with van der Waals surface area (Å²) in [5.41, 5.74) is 3.02. The lowest BCUT2D eigenvalue weighted by atomic mass is 10.0. The Hall–Kier alpha value is -3.25. The molecule has 1 amide bonds. The molecule has 1 unspecified atom stereocenters. The summed E-state index contributed by atoms with van der Waals surface area (Å²) in [6.45, 7) is 3.01. The van der Waals surface area contributed by atoms with E-state index >= 15 is 0 Å². The molecule has 4 rings (SSSR count). The number of nitrogens with zero attached hydrogens (tertiary/aromatic N) is 3. The number of amides is 1. The summed E-state index contributed by atoms with van der Waals surface area (Å²) >= 11 is 0. The van der Waals surface area contributed by atoms with Crippen LogP contribution in [0, 0.1) is 0 Å². The summed E-state index contributed by atoms with van der Waals surface area (Å²) in [7, 11) is 0. The van der Waals surface area contributed by atoms with Crippen molar-refractivity contribution in [1.29, 1.82) is 0 Å². The van der Waals surface area contributed by atoms with E-state index in [2.05, 4.69) is 49.8 Å². The van der Waals surface area contributed by atoms with Crippen LogP contribution in [0.3, 0.4) is 0 Å². The van der Waals surface area contributed by atoms with Gasteiger partial charge in [-0.15, -0.1) is 0 Å². The topological polar surface area (TPSA) is 70.2 Å². The fourth-order valence-electron chi connectivity index (χ4n) is 3.64. The number of nitrogens with one attached hydrogen (secondary N) is 2. The Labute approximate surface area is 171 Å². The Kier molecular flexibility index (Phi) is 6.12. The number of carbonyl (C=O) groups excluding carboxylic acids is 1. The predicted molar refractivity (Wildman–Crippen MR) is 114 cm³/mol. The van der Waals surface area contributed by atoms with Gasteiger partial charge in [-0.25, -0.2) is 4.98 Å². The van der Waals surface area contributed by atoms with Crippen LogP contribution >= 0.6 is 0 Å². The van der Waals surface area contributed by atoms with Gasteiger partial charge in [-0.2, -0.15) is 0 Å². The lowest BCUT2D eigenvalue weighted by Crippen LogP contribution is -2.47. The van der Waals surface area contributed by atoms with E-state index in [0.717, 1.165) is 37.4 Å². The van der Waals surface area contributed by atoms with Gasteiger partial charge in [-0.05, 0) is 41.8 Å². The minimum Gasteiger partial charge on any atom is -0.353 e. The summed E-state index contributed by atoms with van der Waals surface area (Å²) in [4.78, 5) is 23.6. The zero-order chi connectivity index (χ0) is 19.9. The first kappa shape index (κ1) is 19.1. The summed E-state index contributed by atoms with van der Waals surface area (Å²) < 4.78 is 0. The number of hydrogen-bond donors (Lipinski definition) is 2. The van der Waals surface area contributed by atoms with Gasteiger partial charge in [0.15, 0.2) is 0 Å². The minimum absolute atomic E-state index is 0.0862. The van der Waals surface area contributed by atoms with Crippen molar-refractivity contribution in [1.82, 2.24) is 20.6 Å². The molecule has 1 aromatic carbocycles. The molecule has 0 radical (unpaired) electrons. The molecule has 2 N–H and O–H groups in total. The molecule has 1 aliphatic rings. The molecule has 1 fully saturated rings. The Morgan fingerprint density at radius 2 is 1.90 bits per heavy atom. The molecule has 148 valence electrons. The van der Waals surface area contributed by atoms with E-state index in [1.807, 2.05) is 30.3 Å². The zero-order valence-corrected chi connectivity index (χ0v) is 16.3. The van der Waals surface area contributed by atoms with Gasteiger partial charge in [0.1, 0.15) is 5.82 Å². The summed E-state index contributed by atoms with van der Waals surface area (Å²) in [6, 6.07) is 18.2. The van der Waals surface area contributed by atoms with Crippen LogP contribution in [0.2, 0.25) is 0 Å². The number of piperazine rings is 1. The van der Waals surface area contributed by atoms with Gasteiger partial charge in [-0.1, -0.05) is 30.3 Å². The monoisotopic (exact) mass is 387 g/mol. The summed E-state index contributed by atoms with van der Waals surface area (Å²) in [5.74, 6) is 0.660. The van der Waals surface area contributed by atoms with Crippen LogP contribution in [0.1, 0.15) is 27.5 Å². The lowest BCUT2D eigenvalue weighted by Gasteiger charge is -2.35. The number of anilines is 1. The Bertz CT molecular complexity index is 932. The molecule has 1 atom stereocenters. The number of rotatable bonds is 6. The average Bonchev–Trinajstić information content (AvgIpc) is 2.80. The van der Waals surface area contributed by atoms with Crippen LogP contribution in [0.25, 0.3) is 0 Å². The van der Waals surface area contributed by atoms with Crippen molar-refractivity contribution in [2.24, 2.45) is 0 Å². The number of benzene rings is 1. The van der Waals surface area contributed by atoms with E-state index in [1.54, 1.807) is 18.6 Å². The van der Waals surface area contributed by atoms with Gasteiger partial charge >= 0.3 is 0 Å². The van der Waals surface area contributed by atoms with Gasteiger partial charge in [0.25, 0.3) is 5.91 Å². The largest absolute Gasteiger partial charge is 0.353 e. The van der Waals surface area contributed by atoms with E-state index < -0.39 is 0 Å². The maximum atomic E-state index is 12.8. The number of hydrogen-bond acceptors (Lipinski definition) is 5. The average molecular weight is 387 g/mol. The molecule has 6 nitrogen and oxygen atoms in total.